The van der Waals surface area contributed by atoms with Gasteiger partial charge >= 0.3 is 12.2 Å². The Morgan fingerprint density at radius 3 is 2.10 bits per heavy atom. The van der Waals surface area contributed by atoms with Crippen LogP contribution in [0.3, 0.4) is 0 Å². The van der Waals surface area contributed by atoms with Crippen LogP contribution in [-0.4, -0.2) is 50.0 Å². The van der Waals surface area contributed by atoms with E-state index in [0.29, 0.717) is 30.1 Å². The van der Waals surface area contributed by atoms with E-state index < -0.39 is 12.2 Å². The van der Waals surface area contributed by atoms with Crippen molar-refractivity contribution in [2.45, 2.75) is 46.8 Å². The number of benzene rings is 2. The number of nitroso groups, excluding NO2 is 1. The van der Waals surface area contributed by atoms with Crippen LogP contribution in [0.15, 0.2) is 53.7 Å². The topological polar surface area (TPSA) is 207 Å². The second-order valence-electron chi connectivity index (χ2n) is 8.54. The first-order chi connectivity index (χ1) is 19.6. The monoisotopic (exact) mass is 830 g/mol. The molecule has 6 N–H and O–H groups in total. The normalized spacial score (nSPS) is 9.93. The summed E-state index contributed by atoms with van der Waals surface area (Å²) in [5, 5.41) is 12.6. The number of anilines is 1. The van der Waals surface area contributed by atoms with Gasteiger partial charge in [-0.05, 0) is 72.4 Å². The van der Waals surface area contributed by atoms with Gasteiger partial charge in [0.15, 0.2) is 0 Å². The predicted octanol–water partition coefficient (Wildman–Crippen LogP) is 3.24. The summed E-state index contributed by atoms with van der Waals surface area (Å²) in [5.74, 6) is 0.362. The summed E-state index contributed by atoms with van der Waals surface area (Å²) in [7, 11) is 0. The first-order valence-electron chi connectivity index (χ1n) is 12.6. The van der Waals surface area contributed by atoms with Crippen LogP contribution in [0.5, 0.6) is 5.75 Å². The van der Waals surface area contributed by atoms with Gasteiger partial charge in [0.25, 0.3) is 0 Å². The Morgan fingerprint density at radius 2 is 1.67 bits per heavy atom. The molecule has 0 bridgehead atoms. The first-order valence-corrected chi connectivity index (χ1v) is 12.6. The number of nitrogens with one attached hydrogen (secondary N) is 4. The molecular formula is C27H37FmN6O8-. The number of nitrogens with zero attached hydrogens (tertiary/aromatic N) is 1. The van der Waals surface area contributed by atoms with E-state index in [1.807, 2.05) is 13.8 Å². The second-order valence-corrected chi connectivity index (χ2v) is 8.54. The van der Waals surface area contributed by atoms with Gasteiger partial charge in [0.05, 0.1) is 6.54 Å². The standard InChI is InChI=1S/C17H15N3O6.C6H12NO.C4H10N2O.Fm/c21-11-18-9-16(22)19-13-3-1-12(2-4-13)10-25-17(23)26-15-7-5-14(20-24)6-8-15;1-5(2)6(3)7-4-8;1-2-3-6-4(5)7;/h1-8,11H,9-10H2,(H,18,21)(H,19,22);5-6H,1-3H3,(H,7,8);2-3H2,1H3,(H3,5,6,7);/q;-1;;. The van der Waals surface area contributed by atoms with Crippen molar-refractivity contribution in [1.29, 1.82) is 0 Å². The van der Waals surface area contributed by atoms with Crippen LogP contribution in [0.1, 0.15) is 39.7 Å². The molecule has 0 spiro atoms. The van der Waals surface area contributed by atoms with Crippen LogP contribution in [0.25, 0.3) is 0 Å². The Morgan fingerprint density at radius 1 is 1.05 bits per heavy atom. The van der Waals surface area contributed by atoms with E-state index in [1.165, 1.54) is 24.3 Å². The van der Waals surface area contributed by atoms with E-state index in [9.17, 15) is 28.9 Å². The van der Waals surface area contributed by atoms with Crippen LogP contribution in [-0.2, 0) is 25.7 Å². The Labute approximate surface area is 238 Å². The van der Waals surface area contributed by atoms with E-state index in [1.54, 1.807) is 30.7 Å². The number of rotatable bonds is 13. The number of carbonyl (C=O) groups excluding carboxylic acids is 5. The fourth-order valence-electron chi connectivity index (χ4n) is 2.37. The summed E-state index contributed by atoms with van der Waals surface area (Å²) in [5.41, 5.74) is 6.18. The molecule has 1 atom stereocenters. The van der Waals surface area contributed by atoms with E-state index in [0.717, 1.165) is 6.42 Å². The van der Waals surface area contributed by atoms with Gasteiger partial charge in [-0.15, -0.1) is 4.91 Å². The summed E-state index contributed by atoms with van der Waals surface area (Å²) in [6, 6.07) is 12.1. The van der Waals surface area contributed by atoms with Crippen molar-refractivity contribution in [2.75, 3.05) is 18.4 Å². The Kier molecular flexibility index (Phi) is 20.8. The summed E-state index contributed by atoms with van der Waals surface area (Å²) >= 11 is 0. The van der Waals surface area contributed by atoms with Crippen molar-refractivity contribution in [1.82, 2.24) is 16.0 Å². The fourth-order valence-corrected chi connectivity index (χ4v) is 2.37. The van der Waals surface area contributed by atoms with Gasteiger partial charge in [-0.25, -0.2) is 9.59 Å². The number of hydrogen-bond acceptors (Lipinski definition) is 9. The minimum absolute atomic E-state index is 0. The molecule has 0 heterocycles. The van der Waals surface area contributed by atoms with Crippen molar-refractivity contribution >= 4 is 42.3 Å². The van der Waals surface area contributed by atoms with Gasteiger partial charge < -0.3 is 41.3 Å². The quantitative estimate of drug-likeness (QED) is 0.0505. The molecule has 0 radical (unpaired) electrons. The molecule has 0 aromatic heterocycles. The molecule has 15 heteroatoms. The van der Waals surface area contributed by atoms with Crippen LogP contribution in [0.2, 0.25) is 0 Å². The molecule has 1 unspecified atom stereocenters. The molecule has 2 aromatic carbocycles. The number of ether oxygens (including phenoxy) is 2. The molecule has 2 aromatic rings. The van der Waals surface area contributed by atoms with Crippen LogP contribution in [0, 0.1) is 10.8 Å². The minimum Gasteiger partial charge on any atom is -0.527 e. The molecule has 5 amide bonds. The van der Waals surface area contributed by atoms with Gasteiger partial charge in [-0.3, -0.25) is 9.59 Å². The largest absolute Gasteiger partial charge is 0.527 e. The Hall–Kier alpha value is -6.01. The van der Waals surface area contributed by atoms with Crippen LogP contribution >= 0.6 is 0 Å². The molecule has 0 aliphatic heterocycles. The third-order valence-electron chi connectivity index (χ3n) is 4.92. The molecule has 42 heavy (non-hydrogen) atoms. The fraction of sp³-hybridized carbons (Fsp3) is 0.370. The molecule has 14 nitrogen and oxygen atoms in total. The second kappa shape index (κ2) is 22.9. The molecule has 2 rings (SSSR count). The van der Waals surface area contributed by atoms with E-state index >= 15 is 0 Å². The van der Waals surface area contributed by atoms with Gasteiger partial charge in [0.1, 0.15) is 18.0 Å². The molecular weight excluding hydrogens is 793 g/mol. The average molecular weight is 831 g/mol. The maximum absolute atomic E-state index is 11.6. The summed E-state index contributed by atoms with van der Waals surface area (Å²) in [6.45, 7) is 8.56. The number of primary amides is 1. The van der Waals surface area contributed by atoms with E-state index in [-0.39, 0.29) is 36.5 Å². The molecule has 0 aliphatic carbocycles. The third-order valence-corrected chi connectivity index (χ3v) is 4.92. The molecule has 0 aliphatic rings. The van der Waals surface area contributed by atoms with Crippen molar-refractivity contribution in [3.05, 3.63) is 59.0 Å². The number of hydrogen-bond donors (Lipinski definition) is 5. The van der Waals surface area contributed by atoms with Gasteiger partial charge in [-0.2, -0.15) is 6.41 Å². The van der Waals surface area contributed by atoms with E-state index in [4.69, 9.17) is 15.2 Å². The van der Waals surface area contributed by atoms with Gasteiger partial charge in [0, 0.05) is 12.2 Å². The van der Waals surface area contributed by atoms with Crippen molar-refractivity contribution < 1.29 is 33.4 Å². The SMILES string of the molecule is CC(C)C(C)N[C-]=O.CCCNC(N)=O.O=CNCC(=O)Nc1ccc(COC(=O)Oc2ccc(N=O)cc2)cc1.[Fm]. The third kappa shape index (κ3) is 19.1. The van der Waals surface area contributed by atoms with Crippen molar-refractivity contribution in [3.63, 3.8) is 0 Å². The number of amides is 5. The Bertz CT molecular complexity index is 1090. The zero-order chi connectivity index (χ0) is 31.0. The van der Waals surface area contributed by atoms with E-state index in [2.05, 4.69) is 40.3 Å². The number of nitrogens with two attached hydrogens (primary N) is 1. The van der Waals surface area contributed by atoms with Crippen LogP contribution < -0.4 is 31.7 Å². The number of carbonyl (C=O) groups is 4. The summed E-state index contributed by atoms with van der Waals surface area (Å²) < 4.78 is 9.93. The summed E-state index contributed by atoms with van der Waals surface area (Å²) in [6.07, 6.45) is 2.13. The zero-order valence-electron chi connectivity index (χ0n) is 23.8. The van der Waals surface area contributed by atoms with Crippen LogP contribution in [0.4, 0.5) is 21.0 Å². The Balaban J connectivity index is 0. The summed E-state index contributed by atoms with van der Waals surface area (Å²) in [4.78, 5) is 63.1. The average Bonchev–Trinajstić information content (AvgIpc) is 2.95. The van der Waals surface area contributed by atoms with Gasteiger partial charge in [-0.1, -0.05) is 32.9 Å². The van der Waals surface area contributed by atoms with Crippen molar-refractivity contribution in [3.8, 4) is 5.75 Å². The molecule has 0 saturated heterocycles. The smallest absolute Gasteiger partial charge is 0.514 e. The number of urea groups is 1. The van der Waals surface area contributed by atoms with Crippen molar-refractivity contribution in [2.24, 2.45) is 16.8 Å². The minimum atomic E-state index is -0.894. The maximum Gasteiger partial charge on any atom is 0.514 e. The molecule has 0 saturated carbocycles. The molecule has 0 fully saturated rings. The first kappa shape index (κ1) is 38.1. The molecule has 236 valence electrons. The maximum atomic E-state index is 11.6. The van der Waals surface area contributed by atoms with Gasteiger partial charge in [0.2, 0.25) is 12.3 Å². The predicted molar refractivity (Wildman–Crippen MR) is 153 cm³/mol. The zero-order valence-corrected chi connectivity index (χ0v) is 26.2.